The van der Waals surface area contributed by atoms with Gasteiger partial charge in [0.05, 0.1) is 0 Å². The first-order valence-electron chi connectivity index (χ1n) is 5.34. The quantitative estimate of drug-likeness (QED) is 0.657. The van der Waals surface area contributed by atoms with Crippen LogP contribution < -0.4 is 0 Å². The van der Waals surface area contributed by atoms with E-state index in [0.717, 1.165) is 16.2 Å². The van der Waals surface area contributed by atoms with E-state index in [1.807, 2.05) is 6.07 Å². The molecule has 0 bridgehead atoms. The van der Waals surface area contributed by atoms with Gasteiger partial charge in [0.2, 0.25) is 0 Å². The van der Waals surface area contributed by atoms with E-state index in [1.165, 1.54) is 17.7 Å². The van der Waals surface area contributed by atoms with Gasteiger partial charge in [-0.2, -0.15) is 0 Å². The van der Waals surface area contributed by atoms with Crippen molar-refractivity contribution in [1.29, 1.82) is 0 Å². The summed E-state index contributed by atoms with van der Waals surface area (Å²) in [5, 5.41) is 0.959. The molecule has 0 N–H and O–H groups in total. The van der Waals surface area contributed by atoms with E-state index in [9.17, 15) is 4.39 Å². The third-order valence-electron chi connectivity index (χ3n) is 2.89. The van der Waals surface area contributed by atoms with Crippen LogP contribution in [-0.4, -0.2) is 5.33 Å². The molecule has 0 aliphatic rings. The highest BCUT2D eigenvalue weighted by atomic mass is 79.9. The van der Waals surface area contributed by atoms with Crippen molar-refractivity contribution in [3.05, 3.63) is 34.1 Å². The van der Waals surface area contributed by atoms with Crippen LogP contribution in [0.25, 0.3) is 0 Å². The maximum atomic E-state index is 13.0. The number of hydrogen-bond acceptors (Lipinski definition) is 0. The van der Waals surface area contributed by atoms with Crippen molar-refractivity contribution >= 4 is 31.9 Å². The van der Waals surface area contributed by atoms with Gasteiger partial charge in [-0.05, 0) is 35.4 Å². The van der Waals surface area contributed by atoms with E-state index in [-0.39, 0.29) is 11.2 Å². The van der Waals surface area contributed by atoms with Gasteiger partial charge in [0.25, 0.3) is 0 Å². The Morgan fingerprint density at radius 2 is 1.94 bits per heavy atom. The lowest BCUT2D eigenvalue weighted by Crippen LogP contribution is -2.24. The highest BCUT2D eigenvalue weighted by Crippen LogP contribution is 2.32. The van der Waals surface area contributed by atoms with E-state index in [1.54, 1.807) is 0 Å². The third kappa shape index (κ3) is 3.85. The fourth-order valence-electron chi connectivity index (χ4n) is 1.54. The van der Waals surface area contributed by atoms with Gasteiger partial charge in [0, 0.05) is 9.80 Å². The monoisotopic (exact) mass is 350 g/mol. The first-order valence-corrected chi connectivity index (χ1v) is 7.26. The number of hydrogen-bond donors (Lipinski definition) is 0. The Morgan fingerprint density at radius 1 is 1.31 bits per heavy atom. The van der Waals surface area contributed by atoms with Gasteiger partial charge in [0.15, 0.2) is 0 Å². The van der Waals surface area contributed by atoms with Crippen molar-refractivity contribution in [2.75, 3.05) is 5.33 Å². The molecule has 0 aliphatic carbocycles. The van der Waals surface area contributed by atoms with Crippen LogP contribution in [0, 0.1) is 17.2 Å². The minimum absolute atomic E-state index is 0.193. The first-order chi connectivity index (χ1) is 7.34. The fraction of sp³-hybridized carbons (Fsp3) is 0.538. The van der Waals surface area contributed by atoms with Crippen LogP contribution in [-0.2, 0) is 6.42 Å². The summed E-state index contributed by atoms with van der Waals surface area (Å²) in [5.74, 6) is 0.344. The Bertz CT molecular complexity index is 355. The molecule has 0 saturated heterocycles. The molecule has 3 heteroatoms. The molecule has 1 unspecified atom stereocenters. The lowest BCUT2D eigenvalue weighted by atomic mass is 9.78. The van der Waals surface area contributed by atoms with Crippen LogP contribution in [0.3, 0.4) is 0 Å². The molecule has 0 aromatic heterocycles. The highest BCUT2D eigenvalue weighted by molar-refractivity contribution is 9.10. The van der Waals surface area contributed by atoms with Crippen LogP contribution in [0.4, 0.5) is 4.39 Å². The van der Waals surface area contributed by atoms with Gasteiger partial charge in [0.1, 0.15) is 5.82 Å². The molecule has 1 atom stereocenters. The van der Waals surface area contributed by atoms with Gasteiger partial charge < -0.3 is 0 Å². The van der Waals surface area contributed by atoms with Gasteiger partial charge in [-0.3, -0.25) is 0 Å². The fourth-order valence-corrected chi connectivity index (χ4v) is 3.26. The SMILES string of the molecule is CC(C)(C)C(CBr)Cc1ccc(F)cc1Br. The molecule has 0 amide bonds. The Kier molecular flexibility index (Phi) is 4.99. The van der Waals surface area contributed by atoms with E-state index in [4.69, 9.17) is 0 Å². The molecular formula is C13H17Br2F. The summed E-state index contributed by atoms with van der Waals surface area (Å²) in [6.45, 7) is 6.70. The molecule has 1 rings (SSSR count). The van der Waals surface area contributed by atoms with Crippen LogP contribution in [0.5, 0.6) is 0 Å². The summed E-state index contributed by atoms with van der Waals surface area (Å²) >= 11 is 6.97. The highest BCUT2D eigenvalue weighted by Gasteiger charge is 2.24. The zero-order valence-electron chi connectivity index (χ0n) is 9.86. The zero-order chi connectivity index (χ0) is 12.3. The third-order valence-corrected chi connectivity index (χ3v) is 4.41. The van der Waals surface area contributed by atoms with Crippen LogP contribution >= 0.6 is 31.9 Å². The first kappa shape index (κ1) is 14.2. The molecule has 0 fully saturated rings. The maximum absolute atomic E-state index is 13.0. The summed E-state index contributed by atoms with van der Waals surface area (Å²) < 4.78 is 13.8. The normalized spacial score (nSPS) is 13.9. The molecule has 0 heterocycles. The van der Waals surface area contributed by atoms with Crippen molar-refractivity contribution < 1.29 is 4.39 Å². The topological polar surface area (TPSA) is 0 Å². The Hall–Kier alpha value is 0.110. The van der Waals surface area contributed by atoms with Gasteiger partial charge >= 0.3 is 0 Å². The second-order valence-electron chi connectivity index (χ2n) is 5.16. The van der Waals surface area contributed by atoms with Gasteiger partial charge in [-0.1, -0.05) is 58.7 Å². The second kappa shape index (κ2) is 5.63. The van der Waals surface area contributed by atoms with Gasteiger partial charge in [-0.15, -0.1) is 0 Å². The summed E-state index contributed by atoms with van der Waals surface area (Å²) in [6.07, 6.45) is 0.954. The van der Waals surface area contributed by atoms with Crippen LogP contribution in [0.2, 0.25) is 0 Å². The van der Waals surface area contributed by atoms with Crippen LogP contribution in [0.1, 0.15) is 26.3 Å². The number of halogens is 3. The minimum atomic E-state index is -0.193. The van der Waals surface area contributed by atoms with E-state index >= 15 is 0 Å². The Balaban J connectivity index is 2.86. The number of alkyl halides is 1. The molecule has 0 radical (unpaired) electrons. The molecule has 90 valence electrons. The minimum Gasteiger partial charge on any atom is -0.207 e. The van der Waals surface area contributed by atoms with Crippen molar-refractivity contribution in [2.24, 2.45) is 11.3 Å². The summed E-state index contributed by atoms with van der Waals surface area (Å²) in [5.41, 5.74) is 1.41. The number of benzene rings is 1. The predicted molar refractivity (Wildman–Crippen MR) is 74.5 cm³/mol. The van der Waals surface area contributed by atoms with E-state index in [2.05, 4.69) is 52.6 Å². The van der Waals surface area contributed by atoms with Crippen LogP contribution in [0.15, 0.2) is 22.7 Å². The number of rotatable bonds is 3. The predicted octanol–water partition coefficient (Wildman–Crippen LogP) is 5.19. The largest absolute Gasteiger partial charge is 0.207 e. The molecule has 1 aromatic carbocycles. The van der Waals surface area contributed by atoms with Crippen molar-refractivity contribution in [2.45, 2.75) is 27.2 Å². The molecule has 0 nitrogen and oxygen atoms in total. The van der Waals surface area contributed by atoms with Gasteiger partial charge in [-0.25, -0.2) is 4.39 Å². The standard InChI is InChI=1S/C13H17Br2F/c1-13(2,3)10(8-14)6-9-4-5-11(16)7-12(9)15/h4-5,7,10H,6,8H2,1-3H3. The molecule has 1 aromatic rings. The molecular weight excluding hydrogens is 335 g/mol. The van der Waals surface area contributed by atoms with E-state index < -0.39 is 0 Å². The lowest BCUT2D eigenvalue weighted by Gasteiger charge is -2.29. The summed E-state index contributed by atoms with van der Waals surface area (Å²) in [4.78, 5) is 0. The average Bonchev–Trinajstić information content (AvgIpc) is 2.14. The second-order valence-corrected chi connectivity index (χ2v) is 6.66. The van der Waals surface area contributed by atoms with Crippen molar-refractivity contribution in [3.63, 3.8) is 0 Å². The lowest BCUT2D eigenvalue weighted by molar-refractivity contribution is 0.266. The molecule has 0 spiro atoms. The smallest absolute Gasteiger partial charge is 0.124 e. The maximum Gasteiger partial charge on any atom is 0.124 e. The van der Waals surface area contributed by atoms with Crippen molar-refractivity contribution in [1.82, 2.24) is 0 Å². The zero-order valence-corrected chi connectivity index (χ0v) is 13.0. The Labute approximate surface area is 114 Å². The summed E-state index contributed by atoms with van der Waals surface area (Å²) in [7, 11) is 0. The average molecular weight is 352 g/mol. The molecule has 0 saturated carbocycles. The summed E-state index contributed by atoms with van der Waals surface area (Å²) in [6, 6.07) is 4.91. The van der Waals surface area contributed by atoms with Crippen molar-refractivity contribution in [3.8, 4) is 0 Å². The molecule has 0 aliphatic heterocycles. The van der Waals surface area contributed by atoms with E-state index in [0.29, 0.717) is 5.92 Å². The molecule has 16 heavy (non-hydrogen) atoms. The Morgan fingerprint density at radius 3 is 2.38 bits per heavy atom.